The molecule has 0 aromatic carbocycles. The van der Waals surface area contributed by atoms with Crippen molar-refractivity contribution in [1.29, 1.82) is 0 Å². The number of carboxylic acid groups (broad SMARTS) is 1. The van der Waals surface area contributed by atoms with Gasteiger partial charge in [0.2, 0.25) is 5.91 Å². The molecule has 108 valence electrons. The number of likely N-dealkylation sites (tertiary alicyclic amines) is 1. The molecule has 0 saturated carbocycles. The minimum Gasteiger partial charge on any atom is -0.465 e. The molecule has 1 aliphatic rings. The van der Waals surface area contributed by atoms with Gasteiger partial charge < -0.3 is 10.4 Å². The van der Waals surface area contributed by atoms with Gasteiger partial charge in [0, 0.05) is 6.54 Å². The number of hydrogen-bond acceptors (Lipinski definition) is 3. The molecule has 1 fully saturated rings. The van der Waals surface area contributed by atoms with Crippen LogP contribution in [-0.4, -0.2) is 39.6 Å². The zero-order valence-corrected chi connectivity index (χ0v) is 12.8. The lowest BCUT2D eigenvalue weighted by molar-refractivity contribution is -0.120. The summed E-state index contributed by atoms with van der Waals surface area (Å²) in [6.45, 7) is 4.26. The van der Waals surface area contributed by atoms with Crippen molar-refractivity contribution in [1.82, 2.24) is 9.88 Å². The van der Waals surface area contributed by atoms with E-state index in [2.05, 4.69) is 26.2 Å². The Bertz CT molecular complexity index is 547. The van der Waals surface area contributed by atoms with Crippen molar-refractivity contribution in [3.8, 4) is 0 Å². The molecule has 2 N–H and O–H groups in total. The van der Waals surface area contributed by atoms with Gasteiger partial charge in [-0.25, -0.2) is 9.78 Å². The number of carbonyl (C=O) groups excluding carboxylic acids is 1. The predicted octanol–water partition coefficient (Wildman–Crippen LogP) is 2.56. The Morgan fingerprint density at radius 3 is 2.80 bits per heavy atom. The van der Waals surface area contributed by atoms with Crippen LogP contribution >= 0.6 is 15.9 Å². The number of rotatable bonds is 2. The second kappa shape index (κ2) is 5.40. The lowest BCUT2D eigenvalue weighted by Gasteiger charge is -2.20. The van der Waals surface area contributed by atoms with E-state index in [9.17, 15) is 14.7 Å². The molecular weight excluding hydrogens is 326 g/mol. The number of halogens is 1. The van der Waals surface area contributed by atoms with Crippen molar-refractivity contribution in [2.75, 3.05) is 11.9 Å². The number of nitrogens with zero attached hydrogens (tertiary/aromatic N) is 2. The molecule has 2 heterocycles. The molecule has 1 atom stereocenters. The quantitative estimate of drug-likeness (QED) is 0.810. The van der Waals surface area contributed by atoms with E-state index >= 15 is 0 Å². The van der Waals surface area contributed by atoms with E-state index in [4.69, 9.17) is 0 Å². The molecular formula is C13H16BrN3O3. The smallest absolute Gasteiger partial charge is 0.407 e. The summed E-state index contributed by atoms with van der Waals surface area (Å²) in [5.41, 5.74) is -0.203. The van der Waals surface area contributed by atoms with Gasteiger partial charge in [0.05, 0.1) is 0 Å². The van der Waals surface area contributed by atoms with E-state index in [0.29, 0.717) is 23.4 Å². The molecule has 2 rings (SSSR count). The summed E-state index contributed by atoms with van der Waals surface area (Å²) in [4.78, 5) is 28.8. The maximum Gasteiger partial charge on any atom is 0.407 e. The first-order valence-corrected chi connectivity index (χ1v) is 7.01. The van der Waals surface area contributed by atoms with Gasteiger partial charge in [-0.1, -0.05) is 19.9 Å². The predicted molar refractivity (Wildman–Crippen MR) is 77.5 cm³/mol. The summed E-state index contributed by atoms with van der Waals surface area (Å²) < 4.78 is 0.608. The molecule has 1 aliphatic heterocycles. The fourth-order valence-corrected chi connectivity index (χ4v) is 2.74. The highest BCUT2D eigenvalue weighted by Crippen LogP contribution is 2.34. The summed E-state index contributed by atoms with van der Waals surface area (Å²) in [5.74, 6) is 0.0583. The standard InChI is InChI=1S/C13H16BrN3O3/c1-13(2)6-8(17(7-13)12(19)20)11(18)16-10-5-3-4-9(14)15-10/h3-5,8H,6-7H2,1-2H3,(H,19,20)(H,15,16,18). The molecule has 1 saturated heterocycles. The summed E-state index contributed by atoms with van der Waals surface area (Å²) in [7, 11) is 0. The van der Waals surface area contributed by atoms with Crippen molar-refractivity contribution in [3.63, 3.8) is 0 Å². The van der Waals surface area contributed by atoms with Crippen molar-refractivity contribution in [2.24, 2.45) is 5.41 Å². The molecule has 0 radical (unpaired) electrons. The molecule has 1 aromatic rings. The first-order chi connectivity index (χ1) is 9.28. The largest absolute Gasteiger partial charge is 0.465 e. The molecule has 2 amide bonds. The number of amides is 2. The Morgan fingerprint density at radius 2 is 2.20 bits per heavy atom. The van der Waals surface area contributed by atoms with E-state index in [1.807, 2.05) is 13.8 Å². The van der Waals surface area contributed by atoms with Crippen molar-refractivity contribution < 1.29 is 14.7 Å². The fraction of sp³-hybridized carbons (Fsp3) is 0.462. The highest BCUT2D eigenvalue weighted by Gasteiger charge is 2.43. The number of nitrogens with one attached hydrogen (secondary N) is 1. The highest BCUT2D eigenvalue weighted by molar-refractivity contribution is 9.10. The van der Waals surface area contributed by atoms with Crippen LogP contribution in [-0.2, 0) is 4.79 Å². The zero-order chi connectivity index (χ0) is 14.9. The number of pyridine rings is 1. The number of anilines is 1. The molecule has 0 aliphatic carbocycles. The summed E-state index contributed by atoms with van der Waals surface area (Å²) in [5, 5.41) is 11.9. The Labute approximate surface area is 125 Å². The lowest BCUT2D eigenvalue weighted by Crippen LogP contribution is -2.42. The summed E-state index contributed by atoms with van der Waals surface area (Å²) in [6, 6.07) is 4.48. The van der Waals surface area contributed by atoms with E-state index in [-0.39, 0.29) is 11.3 Å². The van der Waals surface area contributed by atoms with Gasteiger partial charge in [0.25, 0.3) is 0 Å². The molecule has 0 spiro atoms. The van der Waals surface area contributed by atoms with Crippen LogP contribution in [0.5, 0.6) is 0 Å². The SMILES string of the molecule is CC1(C)CC(C(=O)Nc2cccc(Br)n2)N(C(=O)O)C1. The van der Waals surface area contributed by atoms with Gasteiger partial charge in [-0.15, -0.1) is 0 Å². The molecule has 1 unspecified atom stereocenters. The number of aromatic nitrogens is 1. The Balaban J connectivity index is 2.13. The first kappa shape index (κ1) is 14.8. The van der Waals surface area contributed by atoms with Crippen LogP contribution in [0.25, 0.3) is 0 Å². The van der Waals surface area contributed by atoms with Gasteiger partial charge in [-0.3, -0.25) is 9.69 Å². The highest BCUT2D eigenvalue weighted by atomic mass is 79.9. The van der Waals surface area contributed by atoms with Crippen LogP contribution < -0.4 is 5.32 Å². The molecule has 6 nitrogen and oxygen atoms in total. The van der Waals surface area contributed by atoms with Crippen LogP contribution in [0.15, 0.2) is 22.8 Å². The number of carbonyl (C=O) groups is 2. The van der Waals surface area contributed by atoms with Crippen molar-refractivity contribution in [3.05, 3.63) is 22.8 Å². The van der Waals surface area contributed by atoms with Crippen LogP contribution in [0.2, 0.25) is 0 Å². The van der Waals surface area contributed by atoms with Crippen LogP contribution in [0.3, 0.4) is 0 Å². The average molecular weight is 342 g/mol. The van der Waals surface area contributed by atoms with Crippen molar-refractivity contribution >= 4 is 33.7 Å². The van der Waals surface area contributed by atoms with Gasteiger partial charge in [0.1, 0.15) is 16.5 Å². The Morgan fingerprint density at radius 1 is 1.50 bits per heavy atom. The van der Waals surface area contributed by atoms with Gasteiger partial charge in [-0.05, 0) is 39.9 Å². The molecule has 20 heavy (non-hydrogen) atoms. The first-order valence-electron chi connectivity index (χ1n) is 6.21. The van der Waals surface area contributed by atoms with Gasteiger partial charge >= 0.3 is 6.09 Å². The zero-order valence-electron chi connectivity index (χ0n) is 11.3. The second-order valence-corrected chi connectivity index (χ2v) is 6.44. The summed E-state index contributed by atoms with van der Waals surface area (Å²) in [6.07, 6.45) is -0.572. The van der Waals surface area contributed by atoms with Crippen LogP contribution in [0.1, 0.15) is 20.3 Å². The maximum atomic E-state index is 12.3. The van der Waals surface area contributed by atoms with E-state index in [0.717, 1.165) is 0 Å². The normalized spacial score (nSPS) is 20.8. The number of hydrogen-bond donors (Lipinski definition) is 2. The molecule has 0 bridgehead atoms. The molecule has 7 heteroatoms. The third-order valence-electron chi connectivity index (χ3n) is 3.24. The maximum absolute atomic E-state index is 12.3. The lowest BCUT2D eigenvalue weighted by atomic mass is 9.90. The van der Waals surface area contributed by atoms with Crippen LogP contribution in [0, 0.1) is 5.41 Å². The minimum atomic E-state index is -1.07. The van der Waals surface area contributed by atoms with E-state index in [1.165, 1.54) is 4.90 Å². The Kier molecular flexibility index (Phi) is 3.99. The van der Waals surface area contributed by atoms with Gasteiger partial charge in [-0.2, -0.15) is 0 Å². The van der Waals surface area contributed by atoms with E-state index < -0.39 is 12.1 Å². The third-order valence-corrected chi connectivity index (χ3v) is 3.68. The average Bonchev–Trinajstić information content (AvgIpc) is 2.66. The monoisotopic (exact) mass is 341 g/mol. The van der Waals surface area contributed by atoms with Crippen LogP contribution in [0.4, 0.5) is 10.6 Å². The molecule has 1 aromatic heterocycles. The second-order valence-electron chi connectivity index (χ2n) is 5.63. The van der Waals surface area contributed by atoms with Gasteiger partial charge in [0.15, 0.2) is 0 Å². The third kappa shape index (κ3) is 3.27. The topological polar surface area (TPSA) is 82.5 Å². The summed E-state index contributed by atoms with van der Waals surface area (Å²) >= 11 is 3.22. The Hall–Kier alpha value is -1.63. The minimum absolute atomic E-state index is 0.203. The van der Waals surface area contributed by atoms with E-state index in [1.54, 1.807) is 18.2 Å². The van der Waals surface area contributed by atoms with Crippen molar-refractivity contribution in [2.45, 2.75) is 26.3 Å². The fourth-order valence-electron chi connectivity index (χ4n) is 2.39.